The fourth-order valence-corrected chi connectivity index (χ4v) is 2.33. The third-order valence-electron chi connectivity index (χ3n) is 3.24. The van der Waals surface area contributed by atoms with Crippen molar-refractivity contribution in [2.24, 2.45) is 11.8 Å². The number of carbonyl (C=O) groups is 2. The fraction of sp³-hybridized carbons (Fsp3) is 0.467. The molecule has 0 aromatic heterocycles. The van der Waals surface area contributed by atoms with Crippen LogP contribution in [0.4, 0.5) is 5.69 Å². The lowest BCUT2D eigenvalue weighted by molar-refractivity contribution is -0.313. The van der Waals surface area contributed by atoms with Gasteiger partial charge in [-0.05, 0) is 24.5 Å². The Morgan fingerprint density at radius 1 is 1.35 bits per heavy atom. The van der Waals surface area contributed by atoms with E-state index >= 15 is 0 Å². The molecular formula is C15H19ClNO3-. The number of amides is 1. The first-order valence-corrected chi connectivity index (χ1v) is 7.08. The van der Waals surface area contributed by atoms with Gasteiger partial charge in [-0.3, -0.25) is 4.79 Å². The molecule has 0 radical (unpaired) electrons. The molecule has 2 atom stereocenters. The zero-order valence-corrected chi connectivity index (χ0v) is 12.4. The normalized spacial score (nSPS) is 13.6. The average Bonchev–Trinajstić information content (AvgIpc) is 2.38. The molecule has 0 aliphatic rings. The summed E-state index contributed by atoms with van der Waals surface area (Å²) in [6.07, 6.45) is 1.39. The SMILES string of the molecule is CCC[C@@H](C(=O)[O-])[C@@H](C)CC(=O)Nc1ccccc1Cl. The lowest BCUT2D eigenvalue weighted by atomic mass is 9.87. The summed E-state index contributed by atoms with van der Waals surface area (Å²) in [5.41, 5.74) is 0.534. The van der Waals surface area contributed by atoms with Crippen molar-refractivity contribution in [3.05, 3.63) is 29.3 Å². The van der Waals surface area contributed by atoms with E-state index in [0.29, 0.717) is 17.1 Å². The van der Waals surface area contributed by atoms with E-state index in [9.17, 15) is 14.7 Å². The molecule has 0 aliphatic carbocycles. The van der Waals surface area contributed by atoms with Gasteiger partial charge in [0.05, 0.1) is 10.7 Å². The number of benzene rings is 1. The second kappa shape index (κ2) is 7.90. The predicted molar refractivity (Wildman–Crippen MR) is 77.3 cm³/mol. The Kier molecular flexibility index (Phi) is 6.52. The van der Waals surface area contributed by atoms with Crippen molar-refractivity contribution in [2.75, 3.05) is 5.32 Å². The summed E-state index contributed by atoms with van der Waals surface area (Å²) in [4.78, 5) is 23.0. The van der Waals surface area contributed by atoms with E-state index in [4.69, 9.17) is 11.6 Å². The zero-order chi connectivity index (χ0) is 15.1. The largest absolute Gasteiger partial charge is 0.550 e. The molecule has 1 rings (SSSR count). The van der Waals surface area contributed by atoms with Crippen LogP contribution in [0.1, 0.15) is 33.1 Å². The second-order valence-corrected chi connectivity index (χ2v) is 5.33. The maximum atomic E-state index is 11.9. The summed E-state index contributed by atoms with van der Waals surface area (Å²) in [6.45, 7) is 3.66. The number of anilines is 1. The molecule has 1 amide bonds. The molecule has 4 nitrogen and oxygen atoms in total. The molecule has 5 heteroatoms. The van der Waals surface area contributed by atoms with E-state index in [2.05, 4.69) is 5.32 Å². The minimum Gasteiger partial charge on any atom is -0.550 e. The molecule has 0 fully saturated rings. The Bertz CT molecular complexity index is 476. The van der Waals surface area contributed by atoms with Gasteiger partial charge < -0.3 is 15.2 Å². The van der Waals surface area contributed by atoms with Gasteiger partial charge in [0.1, 0.15) is 0 Å². The van der Waals surface area contributed by atoms with Gasteiger partial charge in [-0.15, -0.1) is 0 Å². The Morgan fingerprint density at radius 2 is 2.00 bits per heavy atom. The number of carboxylic acids is 1. The number of carbonyl (C=O) groups excluding carboxylic acids is 2. The highest BCUT2D eigenvalue weighted by molar-refractivity contribution is 6.33. The molecule has 0 saturated heterocycles. The van der Waals surface area contributed by atoms with Gasteiger partial charge in [0.25, 0.3) is 0 Å². The van der Waals surface area contributed by atoms with Crippen LogP contribution in [0.15, 0.2) is 24.3 Å². The average molecular weight is 297 g/mol. The Morgan fingerprint density at radius 3 is 2.55 bits per heavy atom. The first-order valence-electron chi connectivity index (χ1n) is 6.71. The van der Waals surface area contributed by atoms with Crippen LogP contribution >= 0.6 is 11.6 Å². The number of aliphatic carboxylic acids is 1. The molecule has 0 aliphatic heterocycles. The minimum absolute atomic E-state index is 0.129. The summed E-state index contributed by atoms with van der Waals surface area (Å²) in [5.74, 6) is -2.21. The topological polar surface area (TPSA) is 69.2 Å². The smallest absolute Gasteiger partial charge is 0.224 e. The number of rotatable bonds is 7. The van der Waals surface area contributed by atoms with Crippen molar-refractivity contribution in [1.29, 1.82) is 0 Å². The monoisotopic (exact) mass is 296 g/mol. The number of nitrogens with one attached hydrogen (secondary N) is 1. The van der Waals surface area contributed by atoms with E-state index in [1.165, 1.54) is 0 Å². The molecule has 110 valence electrons. The van der Waals surface area contributed by atoms with Gasteiger partial charge in [0.15, 0.2) is 0 Å². The van der Waals surface area contributed by atoms with Gasteiger partial charge in [-0.2, -0.15) is 0 Å². The summed E-state index contributed by atoms with van der Waals surface area (Å²) in [7, 11) is 0. The minimum atomic E-state index is -1.09. The quantitative estimate of drug-likeness (QED) is 0.840. The molecule has 0 saturated carbocycles. The predicted octanol–water partition coefficient (Wildman–Crippen LogP) is 2.47. The molecule has 1 N–H and O–H groups in total. The molecule has 0 spiro atoms. The lowest BCUT2D eigenvalue weighted by Crippen LogP contribution is -2.36. The molecular weight excluding hydrogens is 278 g/mol. The first-order chi connectivity index (χ1) is 9.45. The van der Waals surface area contributed by atoms with Crippen molar-refractivity contribution < 1.29 is 14.7 Å². The molecule has 0 bridgehead atoms. The van der Waals surface area contributed by atoms with Crippen LogP contribution in [0.5, 0.6) is 0 Å². The van der Waals surface area contributed by atoms with E-state index in [1.807, 2.05) is 6.92 Å². The van der Waals surface area contributed by atoms with Crippen molar-refractivity contribution in [1.82, 2.24) is 0 Å². The van der Waals surface area contributed by atoms with E-state index in [-0.39, 0.29) is 18.2 Å². The third kappa shape index (κ3) is 4.85. The van der Waals surface area contributed by atoms with Crippen molar-refractivity contribution >= 4 is 29.2 Å². The third-order valence-corrected chi connectivity index (χ3v) is 3.57. The molecule has 0 heterocycles. The van der Waals surface area contributed by atoms with Crippen LogP contribution in [0.3, 0.4) is 0 Å². The molecule has 20 heavy (non-hydrogen) atoms. The number of hydrogen-bond donors (Lipinski definition) is 1. The lowest BCUT2D eigenvalue weighted by Gasteiger charge is -2.24. The fourth-order valence-electron chi connectivity index (χ4n) is 2.14. The number of para-hydroxylation sites is 1. The van der Waals surface area contributed by atoms with Gasteiger partial charge >= 0.3 is 0 Å². The van der Waals surface area contributed by atoms with Crippen molar-refractivity contribution in [3.63, 3.8) is 0 Å². The first kappa shape index (κ1) is 16.5. The van der Waals surface area contributed by atoms with E-state index in [1.54, 1.807) is 31.2 Å². The Hall–Kier alpha value is -1.55. The van der Waals surface area contributed by atoms with Crippen molar-refractivity contribution in [3.8, 4) is 0 Å². The van der Waals surface area contributed by atoms with Crippen LogP contribution in [0.2, 0.25) is 5.02 Å². The highest BCUT2D eigenvalue weighted by atomic mass is 35.5. The van der Waals surface area contributed by atoms with Crippen molar-refractivity contribution in [2.45, 2.75) is 33.1 Å². The summed E-state index contributed by atoms with van der Waals surface area (Å²) < 4.78 is 0. The van der Waals surface area contributed by atoms with E-state index < -0.39 is 11.9 Å². The molecule has 1 aromatic carbocycles. The van der Waals surface area contributed by atoms with Crippen LogP contribution < -0.4 is 10.4 Å². The van der Waals surface area contributed by atoms with E-state index in [0.717, 1.165) is 6.42 Å². The summed E-state index contributed by atoms with van der Waals surface area (Å²) >= 11 is 5.95. The highest BCUT2D eigenvalue weighted by Crippen LogP contribution is 2.23. The van der Waals surface area contributed by atoms with Gasteiger partial charge in [-0.1, -0.05) is 44.0 Å². The van der Waals surface area contributed by atoms with Gasteiger partial charge in [0.2, 0.25) is 5.91 Å². The van der Waals surface area contributed by atoms with Gasteiger partial charge in [0, 0.05) is 18.3 Å². The van der Waals surface area contributed by atoms with Gasteiger partial charge in [-0.25, -0.2) is 0 Å². The number of halogens is 1. The van der Waals surface area contributed by atoms with Crippen LogP contribution in [-0.2, 0) is 9.59 Å². The zero-order valence-electron chi connectivity index (χ0n) is 11.7. The van der Waals surface area contributed by atoms with Crippen LogP contribution in [-0.4, -0.2) is 11.9 Å². The molecule has 0 unspecified atom stereocenters. The molecule has 1 aromatic rings. The second-order valence-electron chi connectivity index (χ2n) is 4.92. The summed E-state index contributed by atoms with van der Waals surface area (Å²) in [5, 5.41) is 14.2. The van der Waals surface area contributed by atoms with Crippen LogP contribution in [0.25, 0.3) is 0 Å². The highest BCUT2D eigenvalue weighted by Gasteiger charge is 2.20. The Balaban J connectivity index is 2.61. The summed E-state index contributed by atoms with van der Waals surface area (Å²) in [6, 6.07) is 6.93. The maximum Gasteiger partial charge on any atom is 0.224 e. The number of carboxylic acid groups (broad SMARTS) is 1. The Labute approximate surface area is 124 Å². The van der Waals surface area contributed by atoms with Crippen LogP contribution in [0, 0.1) is 11.8 Å². The maximum absolute atomic E-state index is 11.9. The standard InChI is InChI=1S/C15H20ClNO3/c1-3-6-11(15(19)20)10(2)9-14(18)17-13-8-5-4-7-12(13)16/h4-5,7-8,10-11H,3,6,9H2,1-2H3,(H,17,18)(H,19,20)/p-1/t10-,11+/m0/s1. The number of hydrogen-bond acceptors (Lipinski definition) is 3.